The first kappa shape index (κ1) is 19.6. The van der Waals surface area contributed by atoms with Crippen LogP contribution >= 0.6 is 0 Å². The molecule has 2 heterocycles. The van der Waals surface area contributed by atoms with Gasteiger partial charge in [-0.25, -0.2) is 0 Å². The number of amides is 1. The highest BCUT2D eigenvalue weighted by Gasteiger charge is 2.26. The summed E-state index contributed by atoms with van der Waals surface area (Å²) in [7, 11) is -1.63. The van der Waals surface area contributed by atoms with E-state index in [0.717, 1.165) is 18.4 Å². The molecule has 0 atom stereocenters. The molecule has 0 aliphatic carbocycles. The van der Waals surface area contributed by atoms with E-state index in [1.54, 1.807) is 24.4 Å². The van der Waals surface area contributed by atoms with Crippen molar-refractivity contribution in [2.24, 2.45) is 5.73 Å². The van der Waals surface area contributed by atoms with E-state index in [-0.39, 0.29) is 5.91 Å². The van der Waals surface area contributed by atoms with Gasteiger partial charge < -0.3 is 20.7 Å². The van der Waals surface area contributed by atoms with Crippen molar-refractivity contribution >= 4 is 29.3 Å². The zero-order valence-electron chi connectivity index (χ0n) is 16.2. The van der Waals surface area contributed by atoms with Crippen LogP contribution in [0.25, 0.3) is 10.8 Å². The Balaban J connectivity index is 1.54. The van der Waals surface area contributed by atoms with Crippen LogP contribution in [-0.4, -0.2) is 46.0 Å². The van der Waals surface area contributed by atoms with Crippen molar-refractivity contribution in [3.63, 3.8) is 0 Å². The predicted octanol–water partition coefficient (Wildman–Crippen LogP) is 1.39. The molecule has 1 saturated heterocycles. The zero-order chi connectivity index (χ0) is 20.4. The molecule has 0 radical (unpaired) electrons. The second-order valence-corrected chi connectivity index (χ2v) is 7.52. The molecule has 1 amide bonds. The third-order valence-electron chi connectivity index (χ3n) is 5.78. The summed E-state index contributed by atoms with van der Waals surface area (Å²) >= 11 is 0. The molecule has 1 aliphatic heterocycles. The molecule has 0 unspecified atom stereocenters. The Morgan fingerprint density at radius 3 is 2.59 bits per heavy atom. The number of nitrogens with two attached hydrogens (primary N) is 1. The maximum absolute atomic E-state index is 13.2. The minimum absolute atomic E-state index is 0.0452. The highest BCUT2D eigenvalue weighted by Crippen LogP contribution is 2.30. The van der Waals surface area contributed by atoms with Crippen molar-refractivity contribution in [1.29, 1.82) is 0 Å². The van der Waals surface area contributed by atoms with Crippen molar-refractivity contribution < 1.29 is 14.8 Å². The third kappa shape index (κ3) is 3.89. The number of carbonyl (C=O) groups excluding carboxylic acids is 1. The molecule has 2 aromatic carbocycles. The molecule has 1 fully saturated rings. The van der Waals surface area contributed by atoms with E-state index >= 15 is 0 Å². The van der Waals surface area contributed by atoms with Gasteiger partial charge in [-0.05, 0) is 41.3 Å². The number of likely N-dealkylation sites (tertiary alicyclic amines) is 1. The molecule has 3 aromatic rings. The molecule has 0 bridgehead atoms. The van der Waals surface area contributed by atoms with Gasteiger partial charge in [-0.3, -0.25) is 9.78 Å². The van der Waals surface area contributed by atoms with Gasteiger partial charge in [-0.15, -0.1) is 0 Å². The lowest BCUT2D eigenvalue weighted by Crippen LogP contribution is -2.38. The van der Waals surface area contributed by atoms with E-state index in [1.807, 2.05) is 17.0 Å². The molecule has 0 spiro atoms. The summed E-state index contributed by atoms with van der Waals surface area (Å²) in [5.74, 6) is 0.381. The number of pyridine rings is 1. The highest BCUT2D eigenvalue weighted by molar-refractivity contribution is 6.61. The first-order chi connectivity index (χ1) is 14.1. The molecular formula is C22H24BN3O3. The summed E-state index contributed by atoms with van der Waals surface area (Å²) in [6.07, 6.45) is 4.84. The standard InChI is InChI=1S/C22H24BN3O3/c24-12-15-3-1-4-17(11-15)16-7-9-26(10-8-16)22(27)19-6-2-5-18-20(19)13-25-14-21(18)23(28)29/h1-6,11,13-14,16,28-29H,7-10,12,24H2. The van der Waals surface area contributed by atoms with Gasteiger partial charge in [0.1, 0.15) is 0 Å². The summed E-state index contributed by atoms with van der Waals surface area (Å²) < 4.78 is 0. The van der Waals surface area contributed by atoms with Crippen molar-refractivity contribution in [3.8, 4) is 0 Å². The van der Waals surface area contributed by atoms with E-state index in [0.29, 0.717) is 47.4 Å². The Morgan fingerprint density at radius 1 is 1.10 bits per heavy atom. The summed E-state index contributed by atoms with van der Waals surface area (Å²) in [5.41, 5.74) is 9.02. The molecule has 4 N–H and O–H groups in total. The molecule has 148 valence electrons. The number of hydrogen-bond acceptors (Lipinski definition) is 5. The van der Waals surface area contributed by atoms with Crippen molar-refractivity contribution in [3.05, 3.63) is 71.5 Å². The number of hydrogen-bond donors (Lipinski definition) is 3. The Kier molecular flexibility index (Phi) is 5.62. The molecule has 7 heteroatoms. The lowest BCUT2D eigenvalue weighted by atomic mass is 9.78. The molecule has 4 rings (SSSR count). The summed E-state index contributed by atoms with van der Waals surface area (Å²) in [5, 5.41) is 20.4. The van der Waals surface area contributed by atoms with Crippen LogP contribution in [0.3, 0.4) is 0 Å². The smallest absolute Gasteiger partial charge is 0.423 e. The molecule has 6 nitrogen and oxygen atoms in total. The van der Waals surface area contributed by atoms with Crippen LogP contribution in [0.15, 0.2) is 54.9 Å². The van der Waals surface area contributed by atoms with E-state index < -0.39 is 7.12 Å². The van der Waals surface area contributed by atoms with Gasteiger partial charge in [0.05, 0.1) is 0 Å². The second-order valence-electron chi connectivity index (χ2n) is 7.52. The second kappa shape index (κ2) is 8.33. The minimum atomic E-state index is -1.63. The molecule has 29 heavy (non-hydrogen) atoms. The Hall–Kier alpha value is -2.74. The first-order valence-electron chi connectivity index (χ1n) is 9.89. The van der Waals surface area contributed by atoms with Gasteiger partial charge in [-0.1, -0.05) is 36.4 Å². The maximum atomic E-state index is 13.2. The average Bonchev–Trinajstić information content (AvgIpc) is 2.77. The first-order valence-corrected chi connectivity index (χ1v) is 9.89. The lowest BCUT2D eigenvalue weighted by Gasteiger charge is -2.32. The normalized spacial score (nSPS) is 14.9. The van der Waals surface area contributed by atoms with E-state index in [9.17, 15) is 14.8 Å². The summed E-state index contributed by atoms with van der Waals surface area (Å²) in [4.78, 5) is 19.2. The largest absolute Gasteiger partial charge is 0.490 e. The van der Waals surface area contributed by atoms with Crippen molar-refractivity contribution in [1.82, 2.24) is 9.88 Å². The number of aromatic nitrogens is 1. The van der Waals surface area contributed by atoms with Gasteiger partial charge >= 0.3 is 7.12 Å². The van der Waals surface area contributed by atoms with Gasteiger partial charge in [0.2, 0.25) is 0 Å². The lowest BCUT2D eigenvalue weighted by molar-refractivity contribution is 0.0715. The van der Waals surface area contributed by atoms with E-state index in [2.05, 4.69) is 17.1 Å². The molecule has 1 aromatic heterocycles. The number of nitrogens with zero attached hydrogens (tertiary/aromatic N) is 2. The average molecular weight is 389 g/mol. The number of piperidine rings is 1. The van der Waals surface area contributed by atoms with Gasteiger partial charge in [-0.2, -0.15) is 0 Å². The Morgan fingerprint density at radius 2 is 1.86 bits per heavy atom. The number of carbonyl (C=O) groups is 1. The number of benzene rings is 2. The fourth-order valence-corrected chi connectivity index (χ4v) is 4.17. The van der Waals surface area contributed by atoms with Crippen LogP contribution < -0.4 is 11.2 Å². The Bertz CT molecular complexity index is 1030. The van der Waals surface area contributed by atoms with Crippen molar-refractivity contribution in [2.45, 2.75) is 25.3 Å². The number of fused-ring (bicyclic) bond motifs is 1. The highest BCUT2D eigenvalue weighted by atomic mass is 16.4. The van der Waals surface area contributed by atoms with E-state index in [4.69, 9.17) is 5.73 Å². The fourth-order valence-electron chi connectivity index (χ4n) is 4.17. The monoisotopic (exact) mass is 389 g/mol. The minimum Gasteiger partial charge on any atom is -0.423 e. The zero-order valence-corrected chi connectivity index (χ0v) is 16.2. The SMILES string of the molecule is NCc1cccc(C2CCN(C(=O)c3cccc4c(B(O)O)cncc34)CC2)c1. The maximum Gasteiger partial charge on any atom is 0.490 e. The molecular weight excluding hydrogens is 365 g/mol. The van der Waals surface area contributed by atoms with Gasteiger partial charge in [0, 0.05) is 48.4 Å². The van der Waals surface area contributed by atoms with Crippen LogP contribution in [0.1, 0.15) is 40.2 Å². The third-order valence-corrected chi connectivity index (χ3v) is 5.78. The number of rotatable bonds is 4. The van der Waals surface area contributed by atoms with Crippen molar-refractivity contribution in [2.75, 3.05) is 13.1 Å². The van der Waals surface area contributed by atoms with Crippen LogP contribution in [0.2, 0.25) is 0 Å². The predicted molar refractivity (Wildman–Crippen MR) is 114 cm³/mol. The Labute approximate surface area is 170 Å². The molecule has 1 aliphatic rings. The van der Waals surface area contributed by atoms with Crippen LogP contribution in [-0.2, 0) is 6.54 Å². The van der Waals surface area contributed by atoms with Crippen LogP contribution in [0, 0.1) is 0 Å². The fraction of sp³-hybridized carbons (Fsp3) is 0.273. The quantitative estimate of drug-likeness (QED) is 0.586. The topological polar surface area (TPSA) is 99.7 Å². The van der Waals surface area contributed by atoms with Gasteiger partial charge in [0.15, 0.2) is 0 Å². The summed E-state index contributed by atoms with van der Waals surface area (Å²) in [6, 6.07) is 13.7. The van der Waals surface area contributed by atoms with E-state index in [1.165, 1.54) is 11.8 Å². The van der Waals surface area contributed by atoms with Gasteiger partial charge in [0.25, 0.3) is 5.91 Å². The van der Waals surface area contributed by atoms with Crippen LogP contribution in [0.5, 0.6) is 0 Å². The summed E-state index contributed by atoms with van der Waals surface area (Å²) in [6.45, 7) is 1.90. The van der Waals surface area contributed by atoms with Crippen LogP contribution in [0.4, 0.5) is 0 Å². The molecule has 0 saturated carbocycles.